The van der Waals surface area contributed by atoms with Gasteiger partial charge in [-0.3, -0.25) is 9.59 Å². The van der Waals surface area contributed by atoms with Crippen molar-refractivity contribution in [2.24, 2.45) is 5.92 Å². The fourth-order valence-corrected chi connectivity index (χ4v) is 3.27. The average molecular weight is 398 g/mol. The number of anilines is 1. The molecule has 2 aromatic rings. The number of nitrogens with zero attached hydrogens (tertiary/aromatic N) is 1. The van der Waals surface area contributed by atoms with Crippen molar-refractivity contribution in [1.82, 2.24) is 5.32 Å². The number of hydrogen-bond donors (Lipinski definition) is 2. The van der Waals surface area contributed by atoms with Crippen LogP contribution in [-0.2, 0) is 14.4 Å². The van der Waals surface area contributed by atoms with E-state index in [-0.39, 0.29) is 18.9 Å². The Labute approximate surface area is 168 Å². The number of methoxy groups -OCH3 is 2. The van der Waals surface area contributed by atoms with Crippen molar-refractivity contribution in [2.75, 3.05) is 25.7 Å². The Kier molecular flexibility index (Phi) is 6.01. The molecule has 2 aromatic carbocycles. The number of hydrogen-bond acceptors (Lipinski definition) is 5. The van der Waals surface area contributed by atoms with Gasteiger partial charge in [-0.05, 0) is 5.56 Å². The average Bonchev–Trinajstić information content (AvgIpc) is 3.13. The van der Waals surface area contributed by atoms with Gasteiger partial charge in [0.15, 0.2) is 6.04 Å². The minimum atomic E-state index is -1.18. The van der Waals surface area contributed by atoms with Crippen molar-refractivity contribution in [3.63, 3.8) is 0 Å². The molecule has 0 aliphatic carbocycles. The number of aliphatic carboxylic acids is 1. The van der Waals surface area contributed by atoms with Crippen molar-refractivity contribution < 1.29 is 29.0 Å². The van der Waals surface area contributed by atoms with Crippen LogP contribution in [0.2, 0.25) is 0 Å². The van der Waals surface area contributed by atoms with E-state index < -0.39 is 23.8 Å². The van der Waals surface area contributed by atoms with Gasteiger partial charge in [0.1, 0.15) is 11.5 Å². The fourth-order valence-electron chi connectivity index (χ4n) is 3.27. The van der Waals surface area contributed by atoms with E-state index in [2.05, 4.69) is 5.32 Å². The molecular formula is C21H22N2O6. The molecule has 0 saturated carbocycles. The van der Waals surface area contributed by atoms with E-state index in [9.17, 15) is 19.5 Å². The summed E-state index contributed by atoms with van der Waals surface area (Å²) >= 11 is 0. The lowest BCUT2D eigenvalue weighted by Crippen LogP contribution is -2.38. The summed E-state index contributed by atoms with van der Waals surface area (Å²) in [6.07, 6.45) is -0.00745. The second kappa shape index (κ2) is 8.64. The summed E-state index contributed by atoms with van der Waals surface area (Å²) in [7, 11) is 3.02. The monoisotopic (exact) mass is 398 g/mol. The van der Waals surface area contributed by atoms with Gasteiger partial charge in [0, 0.05) is 31.2 Å². The van der Waals surface area contributed by atoms with Gasteiger partial charge in [-0.15, -0.1) is 0 Å². The molecule has 8 nitrogen and oxygen atoms in total. The highest BCUT2D eigenvalue weighted by molar-refractivity contribution is 6.01. The summed E-state index contributed by atoms with van der Waals surface area (Å²) in [6, 6.07) is 12.3. The Morgan fingerprint density at radius 3 is 2.28 bits per heavy atom. The van der Waals surface area contributed by atoms with Crippen LogP contribution < -0.4 is 19.7 Å². The molecular weight excluding hydrogens is 376 g/mol. The van der Waals surface area contributed by atoms with Gasteiger partial charge in [0.05, 0.1) is 25.8 Å². The van der Waals surface area contributed by atoms with E-state index in [0.717, 1.165) is 0 Å². The number of amides is 2. The maximum absolute atomic E-state index is 12.7. The van der Waals surface area contributed by atoms with Crippen molar-refractivity contribution in [1.29, 1.82) is 0 Å². The van der Waals surface area contributed by atoms with Crippen LogP contribution in [0.5, 0.6) is 11.5 Å². The minimum absolute atomic E-state index is 0.00745. The molecule has 1 aliphatic heterocycles. The van der Waals surface area contributed by atoms with Crippen molar-refractivity contribution in [3.8, 4) is 11.5 Å². The van der Waals surface area contributed by atoms with E-state index >= 15 is 0 Å². The zero-order chi connectivity index (χ0) is 21.0. The Balaban J connectivity index is 1.76. The number of carboxylic acids is 1. The van der Waals surface area contributed by atoms with E-state index in [1.165, 1.54) is 19.1 Å². The molecule has 1 saturated heterocycles. The number of carboxylic acid groups (broad SMARTS) is 1. The minimum Gasteiger partial charge on any atom is -0.497 e. The lowest BCUT2D eigenvalue weighted by molar-refractivity contribution is -0.142. The highest BCUT2D eigenvalue weighted by atomic mass is 16.5. The maximum atomic E-state index is 12.7. The summed E-state index contributed by atoms with van der Waals surface area (Å²) in [5.74, 6) is -1.49. The molecule has 3 rings (SSSR count). The smallest absolute Gasteiger partial charge is 0.330 e. The Bertz CT molecular complexity index is 892. The predicted molar refractivity (Wildman–Crippen MR) is 105 cm³/mol. The van der Waals surface area contributed by atoms with Gasteiger partial charge >= 0.3 is 5.97 Å². The van der Waals surface area contributed by atoms with Crippen molar-refractivity contribution >= 4 is 23.5 Å². The zero-order valence-electron chi connectivity index (χ0n) is 16.1. The number of nitrogens with one attached hydrogen (secondary N) is 1. The molecule has 1 heterocycles. The number of carbonyl (C=O) groups excluding carboxylic acids is 2. The topological polar surface area (TPSA) is 105 Å². The third-order valence-corrected chi connectivity index (χ3v) is 4.81. The van der Waals surface area contributed by atoms with Crippen LogP contribution in [0.4, 0.5) is 5.69 Å². The third-order valence-electron chi connectivity index (χ3n) is 4.81. The van der Waals surface area contributed by atoms with E-state index in [1.54, 1.807) is 48.5 Å². The molecule has 1 fully saturated rings. The number of ether oxygens (including phenoxy) is 2. The first-order valence-electron chi connectivity index (χ1n) is 9.04. The zero-order valence-corrected chi connectivity index (χ0v) is 16.1. The Morgan fingerprint density at radius 1 is 1.10 bits per heavy atom. The third kappa shape index (κ3) is 4.48. The first kappa shape index (κ1) is 20.2. The van der Waals surface area contributed by atoms with Gasteiger partial charge in [-0.25, -0.2) is 4.79 Å². The molecule has 8 heteroatoms. The first-order chi connectivity index (χ1) is 13.9. The van der Waals surface area contributed by atoms with Crippen LogP contribution in [0.25, 0.3) is 0 Å². The predicted octanol–water partition coefficient (Wildman–Crippen LogP) is 2.00. The molecule has 2 atom stereocenters. The van der Waals surface area contributed by atoms with Crippen LogP contribution in [0.15, 0.2) is 48.5 Å². The SMILES string of the molecule is COc1cc(OC)cc(N2CC(C(=O)N[C@H](C(=O)O)c3ccccc3)CC2=O)c1. The standard InChI is InChI=1S/C21H22N2O6/c1-28-16-9-15(10-17(11-16)29-2)23-12-14(8-18(23)24)20(25)22-19(21(26)27)13-6-4-3-5-7-13/h3-7,9-11,14,19H,8,12H2,1-2H3,(H,22,25)(H,26,27)/t14?,19-/m0/s1. The molecule has 1 aliphatic rings. The van der Waals surface area contributed by atoms with Crippen molar-refractivity contribution in [2.45, 2.75) is 12.5 Å². The fraction of sp³-hybridized carbons (Fsp3) is 0.286. The van der Waals surface area contributed by atoms with Gasteiger partial charge < -0.3 is 24.8 Å². The highest BCUT2D eigenvalue weighted by Gasteiger charge is 2.37. The van der Waals surface area contributed by atoms with Crippen LogP contribution in [0, 0.1) is 5.92 Å². The first-order valence-corrected chi connectivity index (χ1v) is 9.04. The normalized spacial score (nSPS) is 17.0. The summed E-state index contributed by atoms with van der Waals surface area (Å²) < 4.78 is 10.5. The molecule has 152 valence electrons. The number of benzene rings is 2. The van der Waals surface area contributed by atoms with Gasteiger partial charge in [0.2, 0.25) is 11.8 Å². The summed E-state index contributed by atoms with van der Waals surface area (Å²) in [5, 5.41) is 12.0. The number of carbonyl (C=O) groups is 3. The van der Waals surface area contributed by atoms with E-state index in [0.29, 0.717) is 22.7 Å². The van der Waals surface area contributed by atoms with Crippen LogP contribution in [0.3, 0.4) is 0 Å². The molecule has 29 heavy (non-hydrogen) atoms. The molecule has 0 bridgehead atoms. The van der Waals surface area contributed by atoms with Gasteiger partial charge in [0.25, 0.3) is 0 Å². The van der Waals surface area contributed by atoms with E-state index in [1.807, 2.05) is 0 Å². The molecule has 0 aromatic heterocycles. The van der Waals surface area contributed by atoms with Gasteiger partial charge in [-0.2, -0.15) is 0 Å². The lowest BCUT2D eigenvalue weighted by Gasteiger charge is -2.20. The van der Waals surface area contributed by atoms with Crippen LogP contribution in [0.1, 0.15) is 18.0 Å². The maximum Gasteiger partial charge on any atom is 0.330 e. The largest absolute Gasteiger partial charge is 0.497 e. The molecule has 1 unspecified atom stereocenters. The van der Waals surface area contributed by atoms with Crippen molar-refractivity contribution in [3.05, 3.63) is 54.1 Å². The van der Waals surface area contributed by atoms with E-state index in [4.69, 9.17) is 9.47 Å². The quantitative estimate of drug-likeness (QED) is 0.739. The summed E-state index contributed by atoms with van der Waals surface area (Å²) in [5.41, 5.74) is 1.02. The number of rotatable bonds is 7. The highest BCUT2D eigenvalue weighted by Crippen LogP contribution is 2.32. The molecule has 0 spiro atoms. The van der Waals surface area contributed by atoms with Crippen LogP contribution in [-0.4, -0.2) is 43.7 Å². The molecule has 0 radical (unpaired) electrons. The second-order valence-electron chi connectivity index (χ2n) is 6.67. The summed E-state index contributed by atoms with van der Waals surface area (Å²) in [6.45, 7) is 0.141. The second-order valence-corrected chi connectivity index (χ2v) is 6.67. The van der Waals surface area contributed by atoms with Gasteiger partial charge in [-0.1, -0.05) is 30.3 Å². The molecule has 2 N–H and O–H groups in total. The Hall–Kier alpha value is -3.55. The summed E-state index contributed by atoms with van der Waals surface area (Å²) in [4.78, 5) is 38.3. The molecule has 2 amide bonds. The van der Waals surface area contributed by atoms with Crippen LogP contribution >= 0.6 is 0 Å². The Morgan fingerprint density at radius 2 is 1.72 bits per heavy atom. The lowest BCUT2D eigenvalue weighted by atomic mass is 10.0.